The van der Waals surface area contributed by atoms with E-state index >= 15 is 0 Å². The minimum Gasteiger partial charge on any atom is -0.497 e. The van der Waals surface area contributed by atoms with Gasteiger partial charge in [0.15, 0.2) is 0 Å². The zero-order chi connectivity index (χ0) is 20.8. The van der Waals surface area contributed by atoms with Crippen LogP contribution in [0.15, 0.2) is 48.8 Å². The number of methoxy groups -OCH3 is 1. The Bertz CT molecular complexity index is 790. The zero-order valence-corrected chi connectivity index (χ0v) is 17.9. The number of amides is 1. The highest BCUT2D eigenvalue weighted by atomic mass is 16.5. The second-order valence-electron chi connectivity index (χ2n) is 8.57. The summed E-state index contributed by atoms with van der Waals surface area (Å²) in [4.78, 5) is 15.4. The molecular weight excluding hydrogens is 378 g/mol. The smallest absolute Gasteiger partial charge is 0.222 e. The number of nitrogens with one attached hydrogen (secondary N) is 1. The largest absolute Gasteiger partial charge is 0.497 e. The average Bonchev–Trinajstić information content (AvgIpc) is 3.32. The molecule has 6 nitrogen and oxygen atoms in total. The lowest BCUT2D eigenvalue weighted by atomic mass is 9.85. The summed E-state index contributed by atoms with van der Waals surface area (Å²) < 4.78 is 13.0. The van der Waals surface area contributed by atoms with Gasteiger partial charge in [-0.25, -0.2) is 0 Å². The van der Waals surface area contributed by atoms with Crippen molar-refractivity contribution in [3.8, 4) is 5.75 Å². The molecular formula is C24H33N3O3. The quantitative estimate of drug-likeness (QED) is 0.760. The van der Waals surface area contributed by atoms with E-state index in [1.54, 1.807) is 7.11 Å². The molecule has 0 atom stereocenters. The maximum Gasteiger partial charge on any atom is 0.222 e. The number of piperidine rings is 1. The highest BCUT2D eigenvalue weighted by molar-refractivity contribution is 5.77. The summed E-state index contributed by atoms with van der Waals surface area (Å²) in [5, 5.41) is 3.32. The van der Waals surface area contributed by atoms with E-state index in [2.05, 4.69) is 39.3 Å². The molecule has 0 bridgehead atoms. The van der Waals surface area contributed by atoms with Crippen LogP contribution in [0.4, 0.5) is 0 Å². The topological polar surface area (TPSA) is 55.7 Å². The van der Waals surface area contributed by atoms with Crippen molar-refractivity contribution in [3.05, 3.63) is 54.4 Å². The van der Waals surface area contributed by atoms with Crippen molar-refractivity contribution in [1.82, 2.24) is 14.8 Å². The van der Waals surface area contributed by atoms with Gasteiger partial charge < -0.3 is 19.4 Å². The lowest BCUT2D eigenvalue weighted by Crippen LogP contribution is -2.48. The fourth-order valence-corrected chi connectivity index (χ4v) is 4.73. The van der Waals surface area contributed by atoms with Crippen LogP contribution in [0.1, 0.15) is 37.7 Å². The van der Waals surface area contributed by atoms with Gasteiger partial charge in [-0.05, 0) is 55.5 Å². The normalized spacial score (nSPS) is 20.0. The number of hydrogen-bond donors (Lipinski definition) is 1. The van der Waals surface area contributed by atoms with Gasteiger partial charge >= 0.3 is 0 Å². The molecule has 6 heteroatoms. The van der Waals surface area contributed by atoms with Gasteiger partial charge in [0.2, 0.25) is 5.91 Å². The van der Waals surface area contributed by atoms with E-state index < -0.39 is 0 Å². The van der Waals surface area contributed by atoms with Gasteiger partial charge in [-0.2, -0.15) is 0 Å². The molecule has 30 heavy (non-hydrogen) atoms. The van der Waals surface area contributed by atoms with E-state index in [4.69, 9.17) is 9.47 Å². The van der Waals surface area contributed by atoms with E-state index in [-0.39, 0.29) is 17.5 Å². The maximum atomic E-state index is 12.9. The van der Waals surface area contributed by atoms with E-state index in [1.165, 1.54) is 5.56 Å². The second-order valence-corrected chi connectivity index (χ2v) is 8.57. The third-order valence-electron chi connectivity index (χ3n) is 6.58. The van der Waals surface area contributed by atoms with Gasteiger partial charge in [-0.15, -0.1) is 0 Å². The van der Waals surface area contributed by atoms with E-state index in [0.29, 0.717) is 6.42 Å². The highest BCUT2D eigenvalue weighted by Crippen LogP contribution is 2.33. The number of ether oxygens (including phenoxy) is 2. The number of hydrogen-bond acceptors (Lipinski definition) is 4. The highest BCUT2D eigenvalue weighted by Gasteiger charge is 2.36. The molecule has 162 valence electrons. The maximum absolute atomic E-state index is 12.9. The van der Waals surface area contributed by atoms with Crippen molar-refractivity contribution in [2.45, 2.75) is 50.2 Å². The van der Waals surface area contributed by atoms with Crippen molar-refractivity contribution in [3.63, 3.8) is 0 Å². The number of benzene rings is 1. The first-order valence-corrected chi connectivity index (χ1v) is 11.0. The molecule has 2 aliphatic rings. The van der Waals surface area contributed by atoms with Gasteiger partial charge in [0.25, 0.3) is 0 Å². The van der Waals surface area contributed by atoms with Gasteiger partial charge in [-0.1, -0.05) is 12.1 Å². The number of carbonyl (C=O) groups excluding carboxylic acids is 1. The van der Waals surface area contributed by atoms with E-state index in [9.17, 15) is 4.79 Å². The van der Waals surface area contributed by atoms with E-state index in [1.807, 2.05) is 24.3 Å². The SMILES string of the molecule is COc1ccc(CN2CCC(NC(=O)CC3(n4cccc4)CCOCC3)CC2)cc1. The molecule has 1 amide bonds. The average molecular weight is 412 g/mol. The third kappa shape index (κ3) is 5.05. The van der Waals surface area contributed by atoms with Gasteiger partial charge in [0.05, 0.1) is 19.1 Å². The van der Waals surface area contributed by atoms with Crippen molar-refractivity contribution < 1.29 is 14.3 Å². The minimum atomic E-state index is -0.152. The zero-order valence-electron chi connectivity index (χ0n) is 17.9. The molecule has 1 aromatic heterocycles. The van der Waals surface area contributed by atoms with Crippen LogP contribution in [0.2, 0.25) is 0 Å². The predicted octanol–water partition coefficient (Wildman–Crippen LogP) is 3.17. The molecule has 0 unspecified atom stereocenters. The van der Waals surface area contributed by atoms with Crippen LogP contribution >= 0.6 is 0 Å². The van der Waals surface area contributed by atoms with Crippen LogP contribution in [0.25, 0.3) is 0 Å². The van der Waals surface area contributed by atoms with Crippen LogP contribution in [-0.2, 0) is 21.6 Å². The number of aromatic nitrogens is 1. The second kappa shape index (κ2) is 9.67. The molecule has 0 aliphatic carbocycles. The molecule has 1 N–H and O–H groups in total. The molecule has 2 aliphatic heterocycles. The molecule has 0 radical (unpaired) electrons. The lowest BCUT2D eigenvalue weighted by Gasteiger charge is -2.39. The number of rotatable bonds is 7. The minimum absolute atomic E-state index is 0.152. The van der Waals surface area contributed by atoms with E-state index in [0.717, 1.165) is 64.3 Å². The first-order chi connectivity index (χ1) is 14.7. The van der Waals surface area contributed by atoms with Crippen LogP contribution < -0.4 is 10.1 Å². The Balaban J connectivity index is 1.26. The molecule has 3 heterocycles. The number of nitrogens with zero attached hydrogens (tertiary/aromatic N) is 2. The van der Waals surface area contributed by atoms with Crippen molar-refractivity contribution in [1.29, 1.82) is 0 Å². The van der Waals surface area contributed by atoms with Gasteiger partial charge in [0, 0.05) is 51.3 Å². The molecule has 2 saturated heterocycles. The Hall–Kier alpha value is -2.31. The molecule has 1 aromatic carbocycles. The van der Waals surface area contributed by atoms with Gasteiger partial charge in [-0.3, -0.25) is 9.69 Å². The third-order valence-corrected chi connectivity index (χ3v) is 6.58. The molecule has 2 aromatic rings. The summed E-state index contributed by atoms with van der Waals surface area (Å²) in [6.07, 6.45) is 8.46. The Morgan fingerprint density at radius 3 is 2.43 bits per heavy atom. The number of carbonyl (C=O) groups is 1. The van der Waals surface area contributed by atoms with Crippen LogP contribution in [0, 0.1) is 0 Å². The Morgan fingerprint density at radius 1 is 1.13 bits per heavy atom. The van der Waals surface area contributed by atoms with Crippen LogP contribution in [0.3, 0.4) is 0 Å². The van der Waals surface area contributed by atoms with Crippen LogP contribution in [-0.4, -0.2) is 54.8 Å². The van der Waals surface area contributed by atoms with Crippen molar-refractivity contribution >= 4 is 5.91 Å². The summed E-state index contributed by atoms with van der Waals surface area (Å²) in [5.41, 5.74) is 1.15. The van der Waals surface area contributed by atoms with Gasteiger partial charge in [0.1, 0.15) is 5.75 Å². The molecule has 0 saturated carbocycles. The standard InChI is InChI=1S/C24H33N3O3/c1-29-22-6-4-20(5-7-22)19-26-14-8-21(9-15-26)25-23(28)18-24(10-16-30-17-11-24)27-12-2-3-13-27/h2-7,12-13,21H,8-11,14-19H2,1H3,(H,25,28). The van der Waals surface area contributed by atoms with Crippen molar-refractivity contribution in [2.24, 2.45) is 0 Å². The molecule has 4 rings (SSSR count). The molecule has 2 fully saturated rings. The predicted molar refractivity (Wildman–Crippen MR) is 117 cm³/mol. The Labute approximate surface area is 179 Å². The lowest BCUT2D eigenvalue weighted by molar-refractivity contribution is -0.125. The summed E-state index contributed by atoms with van der Waals surface area (Å²) in [6.45, 7) is 4.40. The molecule has 0 spiro atoms. The Morgan fingerprint density at radius 2 is 1.80 bits per heavy atom. The van der Waals surface area contributed by atoms with Crippen LogP contribution in [0.5, 0.6) is 5.75 Å². The summed E-state index contributed by atoms with van der Waals surface area (Å²) >= 11 is 0. The summed E-state index contributed by atoms with van der Waals surface area (Å²) in [5.74, 6) is 1.06. The van der Waals surface area contributed by atoms with Crippen molar-refractivity contribution in [2.75, 3.05) is 33.4 Å². The first-order valence-electron chi connectivity index (χ1n) is 11.0. The Kier molecular flexibility index (Phi) is 6.75. The fourth-order valence-electron chi connectivity index (χ4n) is 4.73. The summed E-state index contributed by atoms with van der Waals surface area (Å²) in [6, 6.07) is 12.6. The number of likely N-dealkylation sites (tertiary alicyclic amines) is 1. The fraction of sp³-hybridized carbons (Fsp3) is 0.542. The summed E-state index contributed by atoms with van der Waals surface area (Å²) in [7, 11) is 1.69. The monoisotopic (exact) mass is 411 g/mol. The first kappa shape index (κ1) is 20.9.